The highest BCUT2D eigenvalue weighted by Crippen LogP contribution is 2.32. The third-order valence-electron chi connectivity index (χ3n) is 5.34. The molecule has 9 heteroatoms. The first-order chi connectivity index (χ1) is 16.7. The van der Waals surface area contributed by atoms with Gasteiger partial charge in [0.05, 0.1) is 17.1 Å². The van der Waals surface area contributed by atoms with Gasteiger partial charge in [0.1, 0.15) is 0 Å². The van der Waals surface area contributed by atoms with Crippen LogP contribution in [0.25, 0.3) is 27.6 Å². The molecule has 0 radical (unpaired) electrons. The summed E-state index contributed by atoms with van der Waals surface area (Å²) in [6.07, 6.45) is 1.74. The molecule has 0 aliphatic heterocycles. The van der Waals surface area contributed by atoms with Gasteiger partial charge in [0.2, 0.25) is 10.3 Å². The second-order valence-electron chi connectivity index (χ2n) is 7.50. The topological polar surface area (TPSA) is 88.3 Å². The third kappa shape index (κ3) is 4.27. The number of nitrogens with zero attached hydrogens (tertiary/aromatic N) is 5. The molecule has 0 saturated heterocycles. The van der Waals surface area contributed by atoms with E-state index in [-0.39, 0.29) is 11.2 Å². The summed E-state index contributed by atoms with van der Waals surface area (Å²) in [5.41, 5.74) is 4.20. The van der Waals surface area contributed by atoms with Crippen molar-refractivity contribution >= 4 is 33.5 Å². The highest BCUT2D eigenvalue weighted by atomic mass is 32.1. The lowest BCUT2D eigenvalue weighted by Crippen LogP contribution is -2.13. The summed E-state index contributed by atoms with van der Waals surface area (Å²) in [5.74, 6) is 0. The first-order valence-corrected chi connectivity index (χ1v) is 12.7. The second-order valence-corrected chi connectivity index (χ2v) is 9.40. The SMILES string of the molecule is CCc1nc(N=Nc2c(-c3ccccc3)[nH]n(-c3nc(-c4ccccc4)cs3)c2=O)sc1CC. The Morgan fingerprint density at radius 2 is 1.62 bits per heavy atom. The average Bonchev–Trinajstić information content (AvgIpc) is 3.61. The van der Waals surface area contributed by atoms with Crippen LogP contribution in [0.5, 0.6) is 0 Å². The Bertz CT molecular complexity index is 1470. The van der Waals surface area contributed by atoms with Gasteiger partial charge in [-0.05, 0) is 12.8 Å². The molecule has 3 aromatic heterocycles. The largest absolute Gasteiger partial charge is 0.301 e. The van der Waals surface area contributed by atoms with Crippen molar-refractivity contribution in [3.63, 3.8) is 0 Å². The van der Waals surface area contributed by atoms with Crippen molar-refractivity contribution in [3.05, 3.63) is 87.0 Å². The van der Waals surface area contributed by atoms with Crippen LogP contribution in [0.3, 0.4) is 0 Å². The Labute approximate surface area is 204 Å². The van der Waals surface area contributed by atoms with Crippen LogP contribution in [0.4, 0.5) is 10.8 Å². The highest BCUT2D eigenvalue weighted by Gasteiger charge is 2.19. The lowest BCUT2D eigenvalue weighted by molar-refractivity contribution is 0.843. The maximum absolute atomic E-state index is 13.4. The van der Waals surface area contributed by atoms with E-state index in [9.17, 15) is 4.79 Å². The minimum Gasteiger partial charge on any atom is -0.286 e. The maximum atomic E-state index is 13.4. The van der Waals surface area contributed by atoms with Crippen LogP contribution in [-0.4, -0.2) is 19.7 Å². The molecule has 3 heterocycles. The van der Waals surface area contributed by atoms with E-state index in [0.717, 1.165) is 35.4 Å². The molecule has 5 aromatic rings. The molecule has 170 valence electrons. The molecular weight excluding hydrogens is 464 g/mol. The summed E-state index contributed by atoms with van der Waals surface area (Å²) < 4.78 is 1.44. The molecule has 0 aliphatic rings. The van der Waals surface area contributed by atoms with Gasteiger partial charge in [-0.25, -0.2) is 9.97 Å². The van der Waals surface area contributed by atoms with Crippen molar-refractivity contribution in [2.45, 2.75) is 26.7 Å². The lowest BCUT2D eigenvalue weighted by Gasteiger charge is -1.99. The monoisotopic (exact) mass is 486 g/mol. The minimum absolute atomic E-state index is 0.231. The fraction of sp³-hybridized carbons (Fsp3) is 0.160. The van der Waals surface area contributed by atoms with Gasteiger partial charge in [-0.2, -0.15) is 4.68 Å². The fourth-order valence-corrected chi connectivity index (χ4v) is 5.33. The molecule has 7 nitrogen and oxygen atoms in total. The number of thiazole rings is 2. The Morgan fingerprint density at radius 3 is 2.26 bits per heavy atom. The van der Waals surface area contributed by atoms with Gasteiger partial charge in [-0.1, -0.05) is 85.8 Å². The van der Waals surface area contributed by atoms with Gasteiger partial charge in [-0.3, -0.25) is 9.89 Å². The first-order valence-electron chi connectivity index (χ1n) is 11.0. The number of benzene rings is 2. The number of hydrogen-bond acceptors (Lipinski definition) is 7. The normalized spacial score (nSPS) is 11.5. The number of aromatic nitrogens is 4. The van der Waals surface area contributed by atoms with Gasteiger partial charge in [0.25, 0.3) is 0 Å². The van der Waals surface area contributed by atoms with E-state index in [1.807, 2.05) is 66.0 Å². The molecule has 0 fully saturated rings. The molecular formula is C25H22N6OS2. The van der Waals surface area contributed by atoms with Gasteiger partial charge in [0.15, 0.2) is 5.69 Å². The molecule has 2 aromatic carbocycles. The zero-order valence-electron chi connectivity index (χ0n) is 18.7. The maximum Gasteiger partial charge on any atom is 0.301 e. The van der Waals surface area contributed by atoms with Gasteiger partial charge >= 0.3 is 5.56 Å². The molecule has 1 N–H and O–H groups in total. The Balaban J connectivity index is 1.58. The van der Waals surface area contributed by atoms with Crippen molar-refractivity contribution in [2.24, 2.45) is 10.2 Å². The summed E-state index contributed by atoms with van der Waals surface area (Å²) in [6.45, 7) is 4.18. The Hall–Kier alpha value is -3.69. The van der Waals surface area contributed by atoms with Crippen LogP contribution in [-0.2, 0) is 12.8 Å². The molecule has 0 saturated carbocycles. The van der Waals surface area contributed by atoms with Gasteiger partial charge in [0, 0.05) is 21.4 Å². The molecule has 0 spiro atoms. The smallest absolute Gasteiger partial charge is 0.286 e. The van der Waals surface area contributed by atoms with Crippen molar-refractivity contribution in [2.75, 3.05) is 0 Å². The van der Waals surface area contributed by atoms with Crippen molar-refractivity contribution in [3.8, 4) is 27.6 Å². The summed E-state index contributed by atoms with van der Waals surface area (Å²) in [5, 5.41) is 15.0. The number of rotatable bonds is 7. The van der Waals surface area contributed by atoms with Gasteiger partial charge in [-0.15, -0.1) is 21.6 Å². The van der Waals surface area contributed by atoms with E-state index >= 15 is 0 Å². The average molecular weight is 487 g/mol. The van der Waals surface area contributed by atoms with Crippen LogP contribution >= 0.6 is 22.7 Å². The molecule has 34 heavy (non-hydrogen) atoms. The second kappa shape index (κ2) is 9.66. The van der Waals surface area contributed by atoms with Crippen LogP contribution in [0.2, 0.25) is 0 Å². The standard InChI is InChI=1S/C25H22N6OS2/c1-3-18-20(4-2)34-24(26-18)29-28-22-21(17-13-9-6-10-14-17)30-31(23(22)32)25-27-19(15-33-25)16-11-7-5-8-12-16/h5-15,30H,3-4H2,1-2H3. The van der Waals surface area contributed by atoms with Crippen LogP contribution in [0.15, 0.2) is 81.1 Å². The number of nitrogens with one attached hydrogen (secondary N) is 1. The van der Waals surface area contributed by atoms with E-state index in [2.05, 4.69) is 39.1 Å². The van der Waals surface area contributed by atoms with E-state index in [4.69, 9.17) is 0 Å². The zero-order chi connectivity index (χ0) is 23.5. The van der Waals surface area contributed by atoms with E-state index in [0.29, 0.717) is 16.0 Å². The molecule has 5 rings (SSSR count). The van der Waals surface area contributed by atoms with Crippen LogP contribution < -0.4 is 5.56 Å². The highest BCUT2D eigenvalue weighted by molar-refractivity contribution is 7.15. The van der Waals surface area contributed by atoms with Crippen LogP contribution in [0.1, 0.15) is 24.4 Å². The number of azo groups is 1. The summed E-state index contributed by atoms with van der Waals surface area (Å²) in [7, 11) is 0. The molecule has 0 aliphatic carbocycles. The number of H-pyrrole nitrogens is 1. The molecule has 0 unspecified atom stereocenters. The molecule has 0 amide bonds. The lowest BCUT2D eigenvalue weighted by atomic mass is 10.1. The Kier molecular flexibility index (Phi) is 6.29. The zero-order valence-corrected chi connectivity index (χ0v) is 20.4. The number of aryl methyl sites for hydroxylation is 2. The first kappa shape index (κ1) is 22.1. The number of aromatic amines is 1. The number of hydrogen-bond donors (Lipinski definition) is 1. The van der Waals surface area contributed by atoms with Gasteiger partial charge < -0.3 is 0 Å². The molecule has 0 bridgehead atoms. The van der Waals surface area contributed by atoms with Crippen LogP contribution in [0, 0.1) is 0 Å². The van der Waals surface area contributed by atoms with Crippen molar-refractivity contribution in [1.29, 1.82) is 0 Å². The van der Waals surface area contributed by atoms with Crippen molar-refractivity contribution < 1.29 is 0 Å². The fourth-order valence-electron chi connectivity index (χ4n) is 3.63. The van der Waals surface area contributed by atoms with E-state index < -0.39 is 0 Å². The molecule has 0 atom stereocenters. The van der Waals surface area contributed by atoms with Crippen molar-refractivity contribution in [1.82, 2.24) is 19.7 Å². The predicted octanol–water partition coefficient (Wildman–Crippen LogP) is 6.95. The van der Waals surface area contributed by atoms with E-state index in [1.54, 1.807) is 0 Å². The minimum atomic E-state index is -0.306. The quantitative estimate of drug-likeness (QED) is 0.252. The van der Waals surface area contributed by atoms with E-state index in [1.165, 1.54) is 32.2 Å². The summed E-state index contributed by atoms with van der Waals surface area (Å²) >= 11 is 2.91. The third-order valence-corrected chi connectivity index (χ3v) is 7.29. The predicted molar refractivity (Wildman–Crippen MR) is 138 cm³/mol. The summed E-state index contributed by atoms with van der Waals surface area (Å²) in [4.78, 5) is 23.9. The summed E-state index contributed by atoms with van der Waals surface area (Å²) in [6, 6.07) is 19.5. The Morgan fingerprint density at radius 1 is 0.912 bits per heavy atom.